The molecule has 3 rings (SSSR count). The van der Waals surface area contributed by atoms with Crippen LogP contribution in [-0.2, 0) is 15.5 Å². The molecule has 0 heterocycles. The molecular formula is C27H27F2NO4. The second-order valence-electron chi connectivity index (χ2n) is 8.43. The van der Waals surface area contributed by atoms with E-state index in [0.29, 0.717) is 5.56 Å². The number of nitrogens with one attached hydrogen (secondary N) is 1. The van der Waals surface area contributed by atoms with Crippen molar-refractivity contribution in [3.63, 3.8) is 0 Å². The van der Waals surface area contributed by atoms with Gasteiger partial charge in [0, 0.05) is 5.56 Å². The summed E-state index contributed by atoms with van der Waals surface area (Å²) in [6.07, 6.45) is -3.05. The normalized spacial score (nSPS) is 13.2. The van der Waals surface area contributed by atoms with Gasteiger partial charge in [-0.2, -0.15) is 8.78 Å². The number of hydrogen-bond donors (Lipinski definition) is 2. The molecule has 3 aromatic rings. The fourth-order valence-electron chi connectivity index (χ4n) is 3.64. The fraction of sp³-hybridized carbons (Fsp3) is 0.259. The molecule has 0 aliphatic heterocycles. The first-order valence-electron chi connectivity index (χ1n) is 11.0. The molecule has 1 unspecified atom stereocenters. The van der Waals surface area contributed by atoms with Gasteiger partial charge in [0.1, 0.15) is 6.04 Å². The third-order valence-electron chi connectivity index (χ3n) is 5.31. The second-order valence-corrected chi connectivity index (χ2v) is 8.43. The zero-order chi connectivity index (χ0) is 24.7. The Hall–Kier alpha value is -3.74. The van der Waals surface area contributed by atoms with Gasteiger partial charge < -0.3 is 15.2 Å². The van der Waals surface area contributed by atoms with Crippen molar-refractivity contribution in [2.45, 2.75) is 38.3 Å². The summed E-state index contributed by atoms with van der Waals surface area (Å²) in [5.74, 6) is -4.89. The van der Waals surface area contributed by atoms with E-state index in [9.17, 15) is 14.7 Å². The maximum absolute atomic E-state index is 15.8. The van der Waals surface area contributed by atoms with Crippen molar-refractivity contribution in [2.24, 2.45) is 5.92 Å². The maximum atomic E-state index is 15.8. The number of ether oxygens (including phenoxy) is 1. The molecule has 2 atom stereocenters. The van der Waals surface area contributed by atoms with Gasteiger partial charge in [-0.3, -0.25) is 0 Å². The molecule has 178 valence electrons. The molecule has 0 saturated heterocycles. The van der Waals surface area contributed by atoms with Crippen molar-refractivity contribution in [1.29, 1.82) is 0 Å². The van der Waals surface area contributed by atoms with Gasteiger partial charge in [-0.25, -0.2) is 9.59 Å². The van der Waals surface area contributed by atoms with Crippen molar-refractivity contribution in [2.75, 3.05) is 0 Å². The van der Waals surface area contributed by atoms with Crippen LogP contribution in [0.4, 0.5) is 13.6 Å². The number of benzene rings is 3. The van der Waals surface area contributed by atoms with Crippen LogP contribution < -0.4 is 5.32 Å². The summed E-state index contributed by atoms with van der Waals surface area (Å²) in [5.41, 5.74) is 1.13. The van der Waals surface area contributed by atoms with Crippen LogP contribution in [0, 0.1) is 5.92 Å². The number of carbonyl (C=O) groups excluding carboxylic acids is 1. The molecule has 2 N–H and O–H groups in total. The van der Waals surface area contributed by atoms with E-state index in [1.807, 2.05) is 30.3 Å². The van der Waals surface area contributed by atoms with E-state index >= 15 is 8.78 Å². The van der Waals surface area contributed by atoms with E-state index in [1.165, 1.54) is 30.3 Å². The molecule has 0 aromatic heterocycles. The van der Waals surface area contributed by atoms with E-state index in [1.54, 1.807) is 38.1 Å². The molecule has 34 heavy (non-hydrogen) atoms. The number of alkyl halides is 2. The van der Waals surface area contributed by atoms with Crippen molar-refractivity contribution in [1.82, 2.24) is 5.32 Å². The lowest BCUT2D eigenvalue weighted by atomic mass is 9.94. The Morgan fingerprint density at radius 3 is 2.09 bits per heavy atom. The predicted octanol–water partition coefficient (Wildman–Crippen LogP) is 6.41. The SMILES string of the molecule is CC(C)C[C@H](NC(=O)OC(c1ccccc1)C(F)(F)c1cccc(-c2ccccc2)c1)C(=O)O. The third-order valence-corrected chi connectivity index (χ3v) is 5.31. The smallest absolute Gasteiger partial charge is 0.408 e. The minimum Gasteiger partial charge on any atom is -0.480 e. The van der Waals surface area contributed by atoms with Crippen LogP contribution >= 0.6 is 0 Å². The van der Waals surface area contributed by atoms with Crippen molar-refractivity contribution in [3.8, 4) is 11.1 Å². The Bertz CT molecular complexity index is 1100. The zero-order valence-corrected chi connectivity index (χ0v) is 18.9. The number of halogens is 2. The number of amides is 1. The molecule has 0 bridgehead atoms. The summed E-state index contributed by atoms with van der Waals surface area (Å²) in [5, 5.41) is 11.6. The maximum Gasteiger partial charge on any atom is 0.408 e. The number of carboxylic acid groups (broad SMARTS) is 1. The zero-order valence-electron chi connectivity index (χ0n) is 18.9. The number of aliphatic carboxylic acids is 1. The summed E-state index contributed by atoms with van der Waals surface area (Å²) in [4.78, 5) is 24.1. The number of hydrogen-bond acceptors (Lipinski definition) is 3. The van der Waals surface area contributed by atoms with Crippen molar-refractivity contribution < 1.29 is 28.2 Å². The Kier molecular flexibility index (Phi) is 7.99. The number of rotatable bonds is 9. The summed E-state index contributed by atoms with van der Waals surface area (Å²) >= 11 is 0. The van der Waals surface area contributed by atoms with Crippen LogP contribution in [0.15, 0.2) is 84.9 Å². The molecule has 0 aliphatic carbocycles. The molecule has 1 amide bonds. The van der Waals surface area contributed by atoms with E-state index in [-0.39, 0.29) is 23.5 Å². The van der Waals surface area contributed by atoms with E-state index < -0.39 is 30.1 Å². The van der Waals surface area contributed by atoms with Crippen LogP contribution in [0.5, 0.6) is 0 Å². The van der Waals surface area contributed by atoms with Crippen LogP contribution in [0.25, 0.3) is 11.1 Å². The average Bonchev–Trinajstić information content (AvgIpc) is 2.83. The molecular weight excluding hydrogens is 440 g/mol. The van der Waals surface area contributed by atoms with Crippen molar-refractivity contribution >= 4 is 12.1 Å². The first-order chi connectivity index (χ1) is 16.2. The number of alkyl carbamates (subject to hydrolysis) is 1. The highest BCUT2D eigenvalue weighted by atomic mass is 19.3. The molecule has 3 aromatic carbocycles. The molecule has 0 fully saturated rings. The van der Waals surface area contributed by atoms with Crippen LogP contribution in [-0.4, -0.2) is 23.2 Å². The number of carboxylic acids is 1. The minimum absolute atomic E-state index is 0.0338. The standard InChI is InChI=1S/C27H27F2NO4/c1-18(2)16-23(25(31)32)30-26(33)34-24(20-12-7-4-8-13-20)27(28,29)22-15-9-14-21(17-22)19-10-5-3-6-11-19/h3-15,17-18,23-24H,16H2,1-2H3,(H,30,33)(H,31,32)/t23-,24?/m0/s1. The van der Waals surface area contributed by atoms with Crippen molar-refractivity contribution in [3.05, 3.63) is 96.1 Å². The molecule has 7 heteroatoms. The van der Waals surface area contributed by atoms with Crippen LogP contribution in [0.2, 0.25) is 0 Å². The Morgan fingerprint density at radius 1 is 0.912 bits per heavy atom. The van der Waals surface area contributed by atoms with Gasteiger partial charge in [0.05, 0.1) is 0 Å². The van der Waals surface area contributed by atoms with Crippen LogP contribution in [0.1, 0.15) is 37.5 Å². The molecule has 0 radical (unpaired) electrons. The van der Waals surface area contributed by atoms with Gasteiger partial charge in [-0.1, -0.05) is 92.7 Å². The lowest BCUT2D eigenvalue weighted by Crippen LogP contribution is -2.43. The second kappa shape index (κ2) is 10.9. The largest absolute Gasteiger partial charge is 0.480 e. The van der Waals surface area contributed by atoms with E-state index in [2.05, 4.69) is 5.32 Å². The minimum atomic E-state index is -3.60. The Morgan fingerprint density at radius 2 is 1.50 bits per heavy atom. The highest BCUT2D eigenvalue weighted by Crippen LogP contribution is 2.44. The van der Waals surface area contributed by atoms with Gasteiger partial charge in [-0.15, -0.1) is 0 Å². The summed E-state index contributed by atoms with van der Waals surface area (Å²) in [7, 11) is 0. The molecule has 0 saturated carbocycles. The predicted molar refractivity (Wildman–Crippen MR) is 125 cm³/mol. The molecule has 5 nitrogen and oxygen atoms in total. The quantitative estimate of drug-likeness (QED) is 0.381. The van der Waals surface area contributed by atoms with Crippen LogP contribution in [0.3, 0.4) is 0 Å². The van der Waals surface area contributed by atoms with Gasteiger partial charge >= 0.3 is 18.0 Å². The topological polar surface area (TPSA) is 75.6 Å². The van der Waals surface area contributed by atoms with Gasteiger partial charge in [-0.05, 0) is 35.1 Å². The molecule has 0 spiro atoms. The highest BCUT2D eigenvalue weighted by Gasteiger charge is 2.46. The summed E-state index contributed by atoms with van der Waals surface area (Å²) in [6, 6.07) is 21.4. The van der Waals surface area contributed by atoms with E-state index in [4.69, 9.17) is 4.74 Å². The lowest BCUT2D eigenvalue weighted by molar-refractivity contribution is -0.140. The highest BCUT2D eigenvalue weighted by molar-refractivity contribution is 5.80. The van der Waals surface area contributed by atoms with Gasteiger partial charge in [0.25, 0.3) is 0 Å². The number of carbonyl (C=O) groups is 2. The fourth-order valence-corrected chi connectivity index (χ4v) is 3.64. The Labute approximate surface area is 197 Å². The van der Waals surface area contributed by atoms with Gasteiger partial charge in [0.15, 0.2) is 6.10 Å². The molecule has 0 aliphatic rings. The Balaban J connectivity index is 1.93. The summed E-state index contributed by atoms with van der Waals surface area (Å²) in [6.45, 7) is 3.59. The average molecular weight is 468 g/mol. The summed E-state index contributed by atoms with van der Waals surface area (Å²) < 4.78 is 36.9. The monoisotopic (exact) mass is 467 g/mol. The lowest BCUT2D eigenvalue weighted by Gasteiger charge is -2.28. The first kappa shape index (κ1) is 24.9. The van der Waals surface area contributed by atoms with E-state index in [0.717, 1.165) is 5.56 Å². The van der Waals surface area contributed by atoms with Gasteiger partial charge in [0.2, 0.25) is 0 Å². The first-order valence-corrected chi connectivity index (χ1v) is 11.0. The third kappa shape index (κ3) is 6.19.